The number of fused-ring (bicyclic) bond motifs is 7. The van der Waals surface area contributed by atoms with Crippen LogP contribution in [0.2, 0.25) is 0 Å². The monoisotopic (exact) mass is 714 g/mol. The van der Waals surface area contributed by atoms with Gasteiger partial charge in [-0.05, 0) is 103 Å². The number of allylic oxidation sites excluding steroid dienone is 2. The lowest BCUT2D eigenvalue weighted by molar-refractivity contribution is -0.254. The third-order valence-corrected chi connectivity index (χ3v) is 16.2. The standard InChI is InChI=1S/C39H62N4O8/c1-34(2)14-15-39(33(50)40-18-21-19-43(42-41-21)32-31(49)30(48)29(47)24(20-44)51-32)23(16-34)22-8-9-26-36(5)12-11-27(45)35(3,4)25(36)10-13-37(26,6)38(22,7)17-28(39)46/h8,19,23-32,44-49H,9-18,20H2,1-7H3,(H,40,50)/t23-,24+,25-,26+,27-,28+,29+,30-,31+,32+,36-,37+,38+,39+/m0/s1. The molecule has 1 aliphatic heterocycles. The molecule has 0 unspecified atom stereocenters. The minimum atomic E-state index is -1.55. The van der Waals surface area contributed by atoms with E-state index in [4.69, 9.17) is 4.74 Å². The molecule has 5 aliphatic carbocycles. The molecule has 286 valence electrons. The maximum absolute atomic E-state index is 14.6. The van der Waals surface area contributed by atoms with Crippen molar-refractivity contribution in [1.82, 2.24) is 20.3 Å². The molecule has 14 atom stereocenters. The molecule has 2 heterocycles. The van der Waals surface area contributed by atoms with Gasteiger partial charge in [-0.25, -0.2) is 4.68 Å². The molecule has 1 saturated heterocycles. The molecule has 0 radical (unpaired) electrons. The summed E-state index contributed by atoms with van der Waals surface area (Å²) in [6.07, 6.45) is 3.64. The van der Waals surface area contributed by atoms with E-state index >= 15 is 0 Å². The van der Waals surface area contributed by atoms with Gasteiger partial charge in [0.25, 0.3) is 0 Å². The van der Waals surface area contributed by atoms with Gasteiger partial charge in [-0.1, -0.05) is 65.3 Å². The largest absolute Gasteiger partial charge is 0.394 e. The van der Waals surface area contributed by atoms with Crippen LogP contribution < -0.4 is 5.32 Å². The van der Waals surface area contributed by atoms with E-state index < -0.39 is 48.8 Å². The van der Waals surface area contributed by atoms with Crippen LogP contribution in [0.15, 0.2) is 17.8 Å². The third kappa shape index (κ3) is 5.28. The van der Waals surface area contributed by atoms with E-state index in [0.717, 1.165) is 44.9 Å². The summed E-state index contributed by atoms with van der Waals surface area (Å²) in [4.78, 5) is 14.6. The molecule has 5 fully saturated rings. The predicted molar refractivity (Wildman–Crippen MR) is 187 cm³/mol. The van der Waals surface area contributed by atoms with Gasteiger partial charge in [0.2, 0.25) is 5.91 Å². The topological polar surface area (TPSA) is 190 Å². The van der Waals surface area contributed by atoms with Crippen molar-refractivity contribution in [2.24, 2.45) is 50.2 Å². The van der Waals surface area contributed by atoms with Gasteiger partial charge >= 0.3 is 0 Å². The molecule has 7 rings (SSSR count). The molecule has 1 aromatic rings. The number of nitrogens with one attached hydrogen (secondary N) is 1. The molecule has 0 spiro atoms. The van der Waals surface area contributed by atoms with Gasteiger partial charge in [-0.15, -0.1) is 5.10 Å². The van der Waals surface area contributed by atoms with Crippen LogP contribution in [0.1, 0.15) is 118 Å². The lowest BCUT2D eigenvalue weighted by Crippen LogP contribution is -2.68. The van der Waals surface area contributed by atoms with Crippen molar-refractivity contribution in [3.8, 4) is 0 Å². The van der Waals surface area contributed by atoms with Gasteiger partial charge in [-0.3, -0.25) is 4.79 Å². The molecule has 6 aliphatic rings. The SMILES string of the molecule is CC1(C)CC[C@]2(C(=O)NCc3cn([C@@H]4O[C@H](CO)[C@@H](O)[C@H](O)[C@H]4O)nn3)[C@H](O)C[C@]3(C)C(=CC[C@@H]4[C@@]5(C)CC[C@H](O)C(C)(C)[C@@H]5CC[C@]43C)[C@@H]2C1. The molecule has 1 amide bonds. The number of aromatic nitrogens is 3. The van der Waals surface area contributed by atoms with Gasteiger partial charge < -0.3 is 40.7 Å². The van der Waals surface area contributed by atoms with E-state index in [1.807, 2.05) is 0 Å². The van der Waals surface area contributed by atoms with Crippen LogP contribution in [0.25, 0.3) is 0 Å². The first-order chi connectivity index (χ1) is 23.8. The summed E-state index contributed by atoms with van der Waals surface area (Å²) >= 11 is 0. The zero-order chi connectivity index (χ0) is 37.1. The molecule has 12 nitrogen and oxygen atoms in total. The van der Waals surface area contributed by atoms with E-state index in [9.17, 15) is 35.4 Å². The molecular weight excluding hydrogens is 652 g/mol. The van der Waals surface area contributed by atoms with Gasteiger partial charge in [0.05, 0.1) is 37.0 Å². The molecule has 0 aromatic carbocycles. The van der Waals surface area contributed by atoms with E-state index in [1.165, 1.54) is 16.5 Å². The van der Waals surface area contributed by atoms with E-state index in [0.29, 0.717) is 30.4 Å². The van der Waals surface area contributed by atoms with Crippen molar-refractivity contribution < 1.29 is 40.2 Å². The van der Waals surface area contributed by atoms with Crippen molar-refractivity contribution in [2.45, 2.75) is 156 Å². The van der Waals surface area contributed by atoms with Crippen LogP contribution in [0, 0.1) is 50.2 Å². The number of hydrogen-bond acceptors (Lipinski definition) is 10. The molecule has 7 N–H and O–H groups in total. The highest BCUT2D eigenvalue weighted by molar-refractivity contribution is 5.85. The van der Waals surface area contributed by atoms with E-state index in [2.05, 4.69) is 70.2 Å². The summed E-state index contributed by atoms with van der Waals surface area (Å²) in [5, 5.41) is 75.5. The van der Waals surface area contributed by atoms with Gasteiger partial charge in [0.1, 0.15) is 30.1 Å². The second kappa shape index (κ2) is 12.3. The number of nitrogens with zero attached hydrogens (tertiary/aromatic N) is 3. The van der Waals surface area contributed by atoms with Gasteiger partial charge in [0, 0.05) is 0 Å². The summed E-state index contributed by atoms with van der Waals surface area (Å²) < 4.78 is 6.85. The Bertz CT molecular complexity index is 1540. The normalized spacial score (nSPS) is 48.7. The quantitative estimate of drug-likeness (QED) is 0.223. The molecule has 0 bridgehead atoms. The Hall–Kier alpha value is -1.93. The van der Waals surface area contributed by atoms with Crippen molar-refractivity contribution >= 4 is 5.91 Å². The highest BCUT2D eigenvalue weighted by Crippen LogP contribution is 2.75. The zero-order valence-electron chi connectivity index (χ0n) is 31.5. The summed E-state index contributed by atoms with van der Waals surface area (Å²) in [5.41, 5.74) is 0.357. The van der Waals surface area contributed by atoms with Crippen LogP contribution in [-0.4, -0.2) is 94.8 Å². The summed E-state index contributed by atoms with van der Waals surface area (Å²) in [7, 11) is 0. The number of aliphatic hydroxyl groups excluding tert-OH is 6. The van der Waals surface area contributed by atoms with E-state index in [-0.39, 0.29) is 51.5 Å². The average molecular weight is 715 g/mol. The van der Waals surface area contributed by atoms with Gasteiger partial charge in [-0.2, -0.15) is 0 Å². The van der Waals surface area contributed by atoms with Crippen molar-refractivity contribution in [2.75, 3.05) is 6.61 Å². The maximum atomic E-state index is 14.6. The van der Waals surface area contributed by atoms with Crippen molar-refractivity contribution in [1.29, 1.82) is 0 Å². The summed E-state index contributed by atoms with van der Waals surface area (Å²) in [6, 6.07) is 0. The molecule has 1 aromatic heterocycles. The Balaban J connectivity index is 1.16. The van der Waals surface area contributed by atoms with Crippen molar-refractivity contribution in [3.63, 3.8) is 0 Å². The fourth-order valence-electron chi connectivity index (χ4n) is 12.9. The number of ether oxygens (including phenoxy) is 1. The summed E-state index contributed by atoms with van der Waals surface area (Å²) in [6.45, 7) is 15.9. The predicted octanol–water partition coefficient (Wildman–Crippen LogP) is 3.00. The van der Waals surface area contributed by atoms with Crippen LogP contribution in [0.3, 0.4) is 0 Å². The van der Waals surface area contributed by atoms with Crippen LogP contribution in [0.4, 0.5) is 0 Å². The molecule has 4 saturated carbocycles. The fraction of sp³-hybridized carbons (Fsp3) is 0.872. The van der Waals surface area contributed by atoms with Crippen LogP contribution in [0.5, 0.6) is 0 Å². The highest BCUT2D eigenvalue weighted by atomic mass is 16.6. The van der Waals surface area contributed by atoms with Gasteiger partial charge in [0.15, 0.2) is 6.23 Å². The molecule has 51 heavy (non-hydrogen) atoms. The first-order valence-corrected chi connectivity index (χ1v) is 19.3. The number of carbonyl (C=O) groups is 1. The Labute approximate surface area is 302 Å². The molecule has 12 heteroatoms. The Morgan fingerprint density at radius 3 is 2.33 bits per heavy atom. The first kappa shape index (κ1) is 37.4. The minimum absolute atomic E-state index is 0.00623. The number of rotatable bonds is 5. The second-order valence-electron chi connectivity index (χ2n) is 19.4. The molecular formula is C39H62N4O8. The smallest absolute Gasteiger partial charge is 0.229 e. The Kier molecular flexibility index (Phi) is 9.01. The van der Waals surface area contributed by atoms with Crippen molar-refractivity contribution in [3.05, 3.63) is 23.5 Å². The number of carbonyl (C=O) groups excluding carboxylic acids is 1. The summed E-state index contributed by atoms with van der Waals surface area (Å²) in [5.74, 6) is 0.538. The number of hydrogen-bond donors (Lipinski definition) is 7. The lowest BCUT2D eigenvalue weighted by Gasteiger charge is -2.71. The number of aliphatic hydroxyl groups is 6. The Morgan fingerprint density at radius 2 is 1.63 bits per heavy atom. The average Bonchev–Trinajstić information content (AvgIpc) is 3.53. The maximum Gasteiger partial charge on any atom is 0.229 e. The third-order valence-electron chi connectivity index (χ3n) is 16.2. The van der Waals surface area contributed by atoms with E-state index in [1.54, 1.807) is 0 Å². The lowest BCUT2D eigenvalue weighted by atomic mass is 9.33. The highest BCUT2D eigenvalue weighted by Gasteiger charge is 2.71. The minimum Gasteiger partial charge on any atom is -0.394 e. The zero-order valence-corrected chi connectivity index (χ0v) is 31.5. The number of amides is 1. The second-order valence-corrected chi connectivity index (χ2v) is 19.4. The Morgan fingerprint density at radius 1 is 0.902 bits per heavy atom. The van der Waals surface area contributed by atoms with Crippen LogP contribution >= 0.6 is 0 Å². The first-order valence-electron chi connectivity index (χ1n) is 19.3. The van der Waals surface area contributed by atoms with Crippen LogP contribution in [-0.2, 0) is 16.1 Å². The fourth-order valence-corrected chi connectivity index (χ4v) is 12.9.